The summed E-state index contributed by atoms with van der Waals surface area (Å²) in [6, 6.07) is 68.3. The average Bonchev–Trinajstić information content (AvgIpc) is 3.85. The summed E-state index contributed by atoms with van der Waals surface area (Å²) >= 11 is 0. The van der Waals surface area contributed by atoms with Crippen molar-refractivity contribution in [1.29, 1.82) is 0 Å². The van der Waals surface area contributed by atoms with E-state index in [1.165, 1.54) is 21.9 Å². The number of benzene rings is 8. The molecule has 1 unspecified atom stereocenters. The maximum absolute atomic E-state index is 7.03. The minimum Gasteiger partial charge on any atom is -0.455 e. The Hall–Kier alpha value is -7.76. The van der Waals surface area contributed by atoms with Gasteiger partial charge in [0, 0.05) is 61.1 Å². The largest absolute Gasteiger partial charge is 0.455 e. The summed E-state index contributed by atoms with van der Waals surface area (Å²) in [5, 5.41) is 8.42. The Kier molecular flexibility index (Phi) is 7.23. The fraction of sp³-hybridized carbons (Fsp3) is 0.0189. The molecule has 1 aliphatic rings. The van der Waals surface area contributed by atoms with Gasteiger partial charge in [-0.3, -0.25) is 4.57 Å². The lowest BCUT2D eigenvalue weighted by molar-refractivity contribution is 0.669. The Morgan fingerprint density at radius 1 is 0.466 bits per heavy atom. The number of hydrogen-bond donors (Lipinski definition) is 1. The van der Waals surface area contributed by atoms with Gasteiger partial charge in [0.25, 0.3) is 0 Å². The Bertz CT molecular complexity index is 3310. The standard InChI is InChI=1S/C53H34N4O/c1-3-14-35(15-4-1)50-43-31-30-41-40-22-13-21-37(51(40)58-52(41)49(43)42-20-7-10-23-44(42)54-50)33-26-28-34(29-27-33)45-32-48(56-53(55-45)36-16-5-2-6-17-36)57-46-24-11-8-18-38(46)39-19-9-12-25-47(39)57/h1-32,50,54H. The van der Waals surface area contributed by atoms with Crippen molar-refractivity contribution in [3.63, 3.8) is 0 Å². The van der Waals surface area contributed by atoms with Crippen molar-refractivity contribution in [1.82, 2.24) is 14.5 Å². The van der Waals surface area contributed by atoms with Crippen molar-refractivity contribution in [2.24, 2.45) is 0 Å². The molecule has 0 saturated heterocycles. The third-order valence-electron chi connectivity index (χ3n) is 11.7. The van der Waals surface area contributed by atoms with E-state index in [-0.39, 0.29) is 6.04 Å². The lowest BCUT2D eigenvalue weighted by atomic mass is 9.85. The first kappa shape index (κ1) is 32.5. The van der Waals surface area contributed by atoms with Crippen LogP contribution < -0.4 is 5.32 Å². The van der Waals surface area contributed by atoms with Crippen molar-refractivity contribution in [2.75, 3.05) is 5.32 Å². The third-order valence-corrected chi connectivity index (χ3v) is 11.7. The average molecular weight is 743 g/mol. The second-order valence-corrected chi connectivity index (χ2v) is 15.0. The van der Waals surface area contributed by atoms with E-state index < -0.39 is 0 Å². The van der Waals surface area contributed by atoms with E-state index in [1.54, 1.807) is 0 Å². The smallest absolute Gasteiger partial charge is 0.162 e. The molecule has 0 aliphatic carbocycles. The zero-order valence-corrected chi connectivity index (χ0v) is 31.3. The predicted molar refractivity (Wildman–Crippen MR) is 237 cm³/mol. The van der Waals surface area contributed by atoms with Crippen molar-refractivity contribution in [3.8, 4) is 50.7 Å². The Morgan fingerprint density at radius 3 is 1.86 bits per heavy atom. The summed E-state index contributed by atoms with van der Waals surface area (Å²) in [6.07, 6.45) is 0. The van der Waals surface area contributed by atoms with Crippen LogP contribution in [0.3, 0.4) is 0 Å². The van der Waals surface area contributed by atoms with Crippen LogP contribution in [0.2, 0.25) is 0 Å². The number of anilines is 1. The van der Waals surface area contributed by atoms with Crippen LogP contribution in [0.15, 0.2) is 199 Å². The molecule has 0 radical (unpaired) electrons. The van der Waals surface area contributed by atoms with Crippen molar-refractivity contribution in [3.05, 3.63) is 205 Å². The predicted octanol–water partition coefficient (Wildman–Crippen LogP) is 13.7. The van der Waals surface area contributed by atoms with Gasteiger partial charge in [0.15, 0.2) is 5.82 Å². The molecule has 12 rings (SSSR count). The van der Waals surface area contributed by atoms with Crippen molar-refractivity contribution < 1.29 is 4.42 Å². The molecule has 1 aliphatic heterocycles. The number of aromatic nitrogens is 3. The monoisotopic (exact) mass is 742 g/mol. The lowest BCUT2D eigenvalue weighted by Gasteiger charge is -2.30. The molecular weight excluding hydrogens is 709 g/mol. The SMILES string of the molecule is c1ccc(-c2nc(-c3ccc(-c4cccc5c4oc4c6c(ccc45)C(c4ccccc4)Nc4ccccc4-6)cc3)cc(-n3c4ccccc4c4ccccc43)n2)cc1. The van der Waals surface area contributed by atoms with Crippen LogP contribution in [0.1, 0.15) is 17.2 Å². The van der Waals surface area contributed by atoms with Gasteiger partial charge >= 0.3 is 0 Å². The lowest BCUT2D eigenvalue weighted by Crippen LogP contribution is -2.18. The minimum atomic E-state index is 0.00963. The van der Waals surface area contributed by atoms with Crippen molar-refractivity contribution >= 4 is 49.4 Å². The normalized spacial score (nSPS) is 13.5. The van der Waals surface area contributed by atoms with Gasteiger partial charge in [0.05, 0.1) is 22.8 Å². The number of furan rings is 1. The molecule has 0 amide bonds. The van der Waals surface area contributed by atoms with Crippen LogP contribution in [-0.4, -0.2) is 14.5 Å². The highest BCUT2D eigenvalue weighted by molar-refractivity contribution is 6.15. The highest BCUT2D eigenvalue weighted by Gasteiger charge is 2.29. The van der Waals surface area contributed by atoms with Crippen LogP contribution in [0, 0.1) is 0 Å². The molecule has 5 nitrogen and oxygen atoms in total. The van der Waals surface area contributed by atoms with Gasteiger partial charge in [-0.1, -0.05) is 170 Å². The number of hydrogen-bond acceptors (Lipinski definition) is 4. The topological polar surface area (TPSA) is 55.9 Å². The first-order valence-electron chi connectivity index (χ1n) is 19.7. The number of para-hydroxylation sites is 4. The summed E-state index contributed by atoms with van der Waals surface area (Å²) in [7, 11) is 0. The van der Waals surface area contributed by atoms with E-state index in [0.29, 0.717) is 5.82 Å². The van der Waals surface area contributed by atoms with E-state index in [1.807, 2.05) is 18.2 Å². The van der Waals surface area contributed by atoms with Crippen molar-refractivity contribution in [2.45, 2.75) is 6.04 Å². The minimum absolute atomic E-state index is 0.00963. The highest BCUT2D eigenvalue weighted by Crippen LogP contribution is 2.49. The quantitative estimate of drug-likeness (QED) is 0.191. The van der Waals surface area contributed by atoms with Crippen LogP contribution in [0.25, 0.3) is 94.5 Å². The molecule has 0 bridgehead atoms. The molecule has 272 valence electrons. The van der Waals surface area contributed by atoms with Gasteiger partial charge in [-0.2, -0.15) is 0 Å². The zero-order valence-electron chi connectivity index (χ0n) is 31.3. The Labute approximate surface area is 334 Å². The maximum atomic E-state index is 7.03. The molecule has 1 atom stereocenters. The fourth-order valence-corrected chi connectivity index (χ4v) is 8.99. The number of nitrogens with zero attached hydrogens (tertiary/aromatic N) is 3. The van der Waals surface area contributed by atoms with E-state index in [9.17, 15) is 0 Å². The van der Waals surface area contributed by atoms with Gasteiger partial charge in [-0.15, -0.1) is 0 Å². The first-order valence-corrected chi connectivity index (χ1v) is 19.7. The summed E-state index contributed by atoms with van der Waals surface area (Å²) in [4.78, 5) is 10.4. The Morgan fingerprint density at radius 2 is 1.09 bits per heavy atom. The van der Waals surface area contributed by atoms with Gasteiger partial charge < -0.3 is 9.73 Å². The van der Waals surface area contributed by atoms with Gasteiger partial charge in [0.1, 0.15) is 17.0 Å². The number of nitrogens with one attached hydrogen (secondary N) is 1. The van der Waals surface area contributed by atoms with Crippen LogP contribution in [0.5, 0.6) is 0 Å². The summed E-state index contributed by atoms with van der Waals surface area (Å²) in [5.74, 6) is 1.51. The highest BCUT2D eigenvalue weighted by atomic mass is 16.3. The molecule has 1 N–H and O–H groups in total. The molecule has 5 heteroatoms. The molecule has 0 spiro atoms. The summed E-state index contributed by atoms with van der Waals surface area (Å²) < 4.78 is 9.29. The molecule has 4 heterocycles. The third kappa shape index (κ3) is 5.03. The molecule has 8 aromatic carbocycles. The number of rotatable bonds is 5. The molecule has 0 saturated carbocycles. The molecule has 11 aromatic rings. The van der Waals surface area contributed by atoms with E-state index >= 15 is 0 Å². The molecule has 58 heavy (non-hydrogen) atoms. The van der Waals surface area contributed by atoms with E-state index in [0.717, 1.165) is 83.6 Å². The molecule has 3 aromatic heterocycles. The zero-order chi connectivity index (χ0) is 38.2. The van der Waals surface area contributed by atoms with Crippen LogP contribution in [-0.2, 0) is 0 Å². The molecular formula is C53H34N4O. The molecule has 0 fully saturated rings. The van der Waals surface area contributed by atoms with Crippen LogP contribution >= 0.6 is 0 Å². The van der Waals surface area contributed by atoms with E-state index in [2.05, 4.69) is 186 Å². The second kappa shape index (κ2) is 12.9. The van der Waals surface area contributed by atoms with Gasteiger partial charge in [0.2, 0.25) is 0 Å². The van der Waals surface area contributed by atoms with Crippen LogP contribution in [0.4, 0.5) is 5.69 Å². The fourth-order valence-electron chi connectivity index (χ4n) is 8.99. The summed E-state index contributed by atoms with van der Waals surface area (Å²) in [5.41, 5.74) is 14.8. The van der Waals surface area contributed by atoms with Gasteiger partial charge in [-0.05, 0) is 34.9 Å². The number of fused-ring (bicyclic) bond motifs is 10. The second-order valence-electron chi connectivity index (χ2n) is 15.0. The first-order chi connectivity index (χ1) is 28.8. The summed E-state index contributed by atoms with van der Waals surface area (Å²) in [6.45, 7) is 0. The van der Waals surface area contributed by atoms with Gasteiger partial charge in [-0.25, -0.2) is 9.97 Å². The van der Waals surface area contributed by atoms with E-state index in [4.69, 9.17) is 14.4 Å². The maximum Gasteiger partial charge on any atom is 0.162 e. The Balaban J connectivity index is 0.996.